The highest BCUT2D eigenvalue weighted by atomic mass is 16.5. The van der Waals surface area contributed by atoms with Gasteiger partial charge in [0.15, 0.2) is 11.5 Å². The Balaban J connectivity index is 1.79. The van der Waals surface area contributed by atoms with E-state index in [-0.39, 0.29) is 12.1 Å². The lowest BCUT2D eigenvalue weighted by molar-refractivity contribution is 0.171. The summed E-state index contributed by atoms with van der Waals surface area (Å²) in [5, 5.41) is 3.19. The fraction of sp³-hybridized carbons (Fsp3) is 0.611. The minimum atomic E-state index is 0.0416. The van der Waals surface area contributed by atoms with Gasteiger partial charge in [0, 0.05) is 12.6 Å². The lowest BCUT2D eigenvalue weighted by Gasteiger charge is -2.36. The predicted octanol–water partition coefficient (Wildman–Crippen LogP) is 3.28. The Morgan fingerprint density at radius 3 is 2.48 bits per heavy atom. The smallest absolute Gasteiger partial charge is 0.318 e. The van der Waals surface area contributed by atoms with Crippen molar-refractivity contribution in [1.82, 2.24) is 10.2 Å². The molecule has 0 radical (unpaired) electrons. The number of benzene rings is 1. The second kappa shape index (κ2) is 6.69. The number of carbonyl (C=O) groups is 1. The predicted molar refractivity (Wildman–Crippen MR) is 89.2 cm³/mol. The van der Waals surface area contributed by atoms with Crippen LogP contribution in [-0.2, 0) is 6.42 Å². The monoisotopic (exact) mass is 318 g/mol. The molecule has 5 nitrogen and oxygen atoms in total. The normalized spacial score (nSPS) is 21.0. The molecule has 1 saturated carbocycles. The largest absolute Gasteiger partial charge is 0.493 e. The Morgan fingerprint density at radius 1 is 1.17 bits per heavy atom. The summed E-state index contributed by atoms with van der Waals surface area (Å²) in [5.41, 5.74) is 2.38. The van der Waals surface area contributed by atoms with Gasteiger partial charge in [-0.3, -0.25) is 0 Å². The third-order valence-corrected chi connectivity index (χ3v) is 5.13. The SMILES string of the molecule is COc1cc2c(cc1OC)C(C)N(C(=O)NC1CCCC1)CC2. The summed E-state index contributed by atoms with van der Waals surface area (Å²) in [5.74, 6) is 1.47. The van der Waals surface area contributed by atoms with E-state index in [1.54, 1.807) is 14.2 Å². The maximum atomic E-state index is 12.6. The van der Waals surface area contributed by atoms with E-state index in [0.29, 0.717) is 6.04 Å². The maximum Gasteiger partial charge on any atom is 0.318 e. The number of nitrogens with one attached hydrogen (secondary N) is 1. The summed E-state index contributed by atoms with van der Waals surface area (Å²) >= 11 is 0. The molecule has 1 aliphatic carbocycles. The van der Waals surface area contributed by atoms with E-state index >= 15 is 0 Å². The van der Waals surface area contributed by atoms with Crippen LogP contribution in [0.1, 0.15) is 49.8 Å². The summed E-state index contributed by atoms with van der Waals surface area (Å²) in [4.78, 5) is 14.5. The minimum Gasteiger partial charge on any atom is -0.493 e. The van der Waals surface area contributed by atoms with Gasteiger partial charge in [-0.1, -0.05) is 12.8 Å². The van der Waals surface area contributed by atoms with Crippen LogP contribution in [0.25, 0.3) is 0 Å². The molecule has 1 unspecified atom stereocenters. The van der Waals surface area contributed by atoms with Crippen molar-refractivity contribution >= 4 is 6.03 Å². The van der Waals surface area contributed by atoms with Crippen LogP contribution < -0.4 is 14.8 Å². The first kappa shape index (κ1) is 16.0. The molecular weight excluding hydrogens is 292 g/mol. The van der Waals surface area contributed by atoms with Gasteiger partial charge in [-0.05, 0) is 49.4 Å². The van der Waals surface area contributed by atoms with Crippen molar-refractivity contribution in [3.8, 4) is 11.5 Å². The van der Waals surface area contributed by atoms with Crippen molar-refractivity contribution in [2.24, 2.45) is 0 Å². The molecule has 2 aliphatic rings. The summed E-state index contributed by atoms with van der Waals surface area (Å²) in [6.07, 6.45) is 5.50. The quantitative estimate of drug-likeness (QED) is 0.930. The lowest BCUT2D eigenvalue weighted by Crippen LogP contribution is -2.47. The zero-order valence-electron chi connectivity index (χ0n) is 14.2. The second-order valence-corrected chi connectivity index (χ2v) is 6.46. The van der Waals surface area contributed by atoms with Gasteiger partial charge in [-0.15, -0.1) is 0 Å². The zero-order chi connectivity index (χ0) is 16.4. The number of urea groups is 1. The van der Waals surface area contributed by atoms with Crippen LogP contribution in [0.2, 0.25) is 0 Å². The molecule has 3 rings (SSSR count). The molecule has 1 fully saturated rings. The fourth-order valence-corrected chi connectivity index (χ4v) is 3.75. The molecule has 2 amide bonds. The molecule has 0 saturated heterocycles. The van der Waals surface area contributed by atoms with Crippen LogP contribution in [0.15, 0.2) is 12.1 Å². The van der Waals surface area contributed by atoms with Crippen LogP contribution >= 0.6 is 0 Å². The third kappa shape index (κ3) is 3.09. The average Bonchev–Trinajstić information content (AvgIpc) is 3.06. The Hall–Kier alpha value is -1.91. The topological polar surface area (TPSA) is 50.8 Å². The van der Waals surface area contributed by atoms with Gasteiger partial charge < -0.3 is 19.7 Å². The Kier molecular flexibility index (Phi) is 4.64. The highest BCUT2D eigenvalue weighted by Gasteiger charge is 2.30. The summed E-state index contributed by atoms with van der Waals surface area (Å²) < 4.78 is 10.8. The molecule has 5 heteroatoms. The Labute approximate surface area is 137 Å². The molecule has 1 aromatic carbocycles. The molecule has 1 aliphatic heterocycles. The van der Waals surface area contributed by atoms with E-state index in [9.17, 15) is 4.79 Å². The third-order valence-electron chi connectivity index (χ3n) is 5.13. The van der Waals surface area contributed by atoms with Crippen molar-refractivity contribution in [3.63, 3.8) is 0 Å². The first-order chi connectivity index (χ1) is 11.1. The number of hydrogen-bond acceptors (Lipinski definition) is 3. The summed E-state index contributed by atoms with van der Waals surface area (Å²) in [6.45, 7) is 2.82. The number of methoxy groups -OCH3 is 2. The molecule has 1 aromatic rings. The van der Waals surface area contributed by atoms with E-state index < -0.39 is 0 Å². The molecular formula is C18H26N2O3. The van der Waals surface area contributed by atoms with Crippen LogP contribution in [0.3, 0.4) is 0 Å². The summed E-state index contributed by atoms with van der Waals surface area (Å²) in [6, 6.07) is 4.50. The number of fused-ring (bicyclic) bond motifs is 1. The van der Waals surface area contributed by atoms with Crippen LogP contribution in [-0.4, -0.2) is 37.7 Å². The summed E-state index contributed by atoms with van der Waals surface area (Å²) in [7, 11) is 3.29. The van der Waals surface area contributed by atoms with Gasteiger partial charge in [-0.25, -0.2) is 4.79 Å². The van der Waals surface area contributed by atoms with E-state index in [4.69, 9.17) is 9.47 Å². The zero-order valence-corrected chi connectivity index (χ0v) is 14.2. The first-order valence-electron chi connectivity index (χ1n) is 8.46. The van der Waals surface area contributed by atoms with E-state index in [0.717, 1.165) is 42.9 Å². The second-order valence-electron chi connectivity index (χ2n) is 6.46. The number of rotatable bonds is 3. The molecule has 1 heterocycles. The highest BCUT2D eigenvalue weighted by Crippen LogP contribution is 2.37. The van der Waals surface area contributed by atoms with Gasteiger partial charge in [-0.2, -0.15) is 0 Å². The van der Waals surface area contributed by atoms with Crippen molar-refractivity contribution in [3.05, 3.63) is 23.3 Å². The van der Waals surface area contributed by atoms with Crippen molar-refractivity contribution in [2.75, 3.05) is 20.8 Å². The molecule has 23 heavy (non-hydrogen) atoms. The highest BCUT2D eigenvalue weighted by molar-refractivity contribution is 5.75. The van der Waals surface area contributed by atoms with Gasteiger partial charge in [0.25, 0.3) is 0 Å². The maximum absolute atomic E-state index is 12.6. The standard InChI is InChI=1S/C18H26N2O3/c1-12-15-11-17(23-3)16(22-2)10-13(15)8-9-20(12)18(21)19-14-6-4-5-7-14/h10-12,14H,4-9H2,1-3H3,(H,19,21). The van der Waals surface area contributed by atoms with Gasteiger partial charge in [0.1, 0.15) is 0 Å². The Morgan fingerprint density at radius 2 is 1.83 bits per heavy atom. The molecule has 0 aromatic heterocycles. The van der Waals surface area contributed by atoms with Crippen LogP contribution in [0.5, 0.6) is 11.5 Å². The molecule has 126 valence electrons. The van der Waals surface area contributed by atoms with E-state index in [1.165, 1.54) is 18.4 Å². The fourth-order valence-electron chi connectivity index (χ4n) is 3.75. The van der Waals surface area contributed by atoms with E-state index in [1.807, 2.05) is 17.0 Å². The number of amides is 2. The number of carbonyl (C=O) groups excluding carboxylic acids is 1. The number of ether oxygens (including phenoxy) is 2. The average molecular weight is 318 g/mol. The van der Waals surface area contributed by atoms with Crippen molar-refractivity contribution in [1.29, 1.82) is 0 Å². The molecule has 0 spiro atoms. The lowest BCUT2D eigenvalue weighted by atomic mass is 9.93. The number of hydrogen-bond donors (Lipinski definition) is 1. The molecule has 1 N–H and O–H groups in total. The van der Waals surface area contributed by atoms with Crippen LogP contribution in [0.4, 0.5) is 4.79 Å². The minimum absolute atomic E-state index is 0.0416. The van der Waals surface area contributed by atoms with Crippen molar-refractivity contribution < 1.29 is 14.3 Å². The van der Waals surface area contributed by atoms with Crippen molar-refractivity contribution in [2.45, 2.75) is 51.1 Å². The molecule has 0 bridgehead atoms. The first-order valence-corrected chi connectivity index (χ1v) is 8.46. The van der Waals surface area contributed by atoms with Gasteiger partial charge >= 0.3 is 6.03 Å². The molecule has 1 atom stereocenters. The number of nitrogens with zero attached hydrogens (tertiary/aromatic N) is 1. The Bertz CT molecular complexity index is 582. The van der Waals surface area contributed by atoms with E-state index in [2.05, 4.69) is 12.2 Å². The van der Waals surface area contributed by atoms with Crippen LogP contribution in [0, 0.1) is 0 Å². The van der Waals surface area contributed by atoms with Gasteiger partial charge in [0.05, 0.1) is 20.3 Å². The van der Waals surface area contributed by atoms with Gasteiger partial charge in [0.2, 0.25) is 0 Å².